The van der Waals surface area contributed by atoms with Crippen LogP contribution in [0.15, 0.2) is 60.9 Å². The van der Waals surface area contributed by atoms with Gasteiger partial charge in [-0.25, -0.2) is 8.42 Å². The molecule has 1 N–H and O–H groups in total. The number of para-hydroxylation sites is 1. The normalized spacial score (nSPS) is 15.2. The smallest absolute Gasteiger partial charge is 0.246 e. The maximum atomic E-state index is 12.3. The van der Waals surface area contributed by atoms with Gasteiger partial charge in [0.1, 0.15) is 5.25 Å². The van der Waals surface area contributed by atoms with Crippen LogP contribution in [-0.4, -0.2) is 42.5 Å². The number of hydrogen-bond acceptors (Lipinski definition) is 4. The molecule has 1 aliphatic heterocycles. The second kappa shape index (κ2) is 6.84. The molecule has 0 aliphatic carbocycles. The van der Waals surface area contributed by atoms with Crippen LogP contribution in [0.2, 0.25) is 0 Å². The van der Waals surface area contributed by atoms with Gasteiger partial charge in [-0.1, -0.05) is 24.3 Å². The molecule has 1 aromatic heterocycles. The van der Waals surface area contributed by atoms with Crippen LogP contribution in [0, 0.1) is 0 Å². The molecule has 1 aromatic carbocycles. The maximum absolute atomic E-state index is 12.3. The zero-order valence-electron chi connectivity index (χ0n) is 12.9. The van der Waals surface area contributed by atoms with Crippen LogP contribution in [0.25, 0.3) is 6.08 Å². The lowest BCUT2D eigenvalue weighted by molar-refractivity contribution is -0.128. The Morgan fingerprint density at radius 1 is 1.17 bits per heavy atom. The fourth-order valence-electron chi connectivity index (χ4n) is 2.32. The number of sulfonamides is 1. The minimum absolute atomic E-state index is 0.193. The van der Waals surface area contributed by atoms with Gasteiger partial charge >= 0.3 is 0 Å². The van der Waals surface area contributed by atoms with Crippen LogP contribution in [-0.2, 0) is 14.8 Å². The highest BCUT2D eigenvalue weighted by atomic mass is 32.2. The molecule has 0 saturated carbocycles. The maximum Gasteiger partial charge on any atom is 0.246 e. The number of aromatic nitrogens is 1. The number of anilines is 1. The largest absolute Gasteiger partial charge is 0.336 e. The molecule has 1 amide bonds. The monoisotopic (exact) mass is 343 g/mol. The molecule has 1 saturated heterocycles. The Bertz CT molecular complexity index is 830. The molecule has 2 aromatic rings. The summed E-state index contributed by atoms with van der Waals surface area (Å²) in [5.74, 6) is -0.204. The Labute approximate surface area is 140 Å². The van der Waals surface area contributed by atoms with Crippen molar-refractivity contribution in [2.75, 3.05) is 17.8 Å². The van der Waals surface area contributed by atoms with E-state index in [4.69, 9.17) is 0 Å². The Balaban J connectivity index is 1.55. The minimum atomic E-state index is -3.49. The van der Waals surface area contributed by atoms with Gasteiger partial charge in [-0.05, 0) is 29.8 Å². The number of hydrogen-bond donors (Lipinski definition) is 1. The van der Waals surface area contributed by atoms with Crippen molar-refractivity contribution in [3.8, 4) is 0 Å². The molecule has 1 aliphatic rings. The van der Waals surface area contributed by atoms with Crippen molar-refractivity contribution in [2.24, 2.45) is 0 Å². The number of nitrogens with zero attached hydrogens (tertiary/aromatic N) is 2. The highest BCUT2D eigenvalue weighted by Gasteiger charge is 2.39. The van der Waals surface area contributed by atoms with Crippen molar-refractivity contribution in [3.63, 3.8) is 0 Å². The second-order valence-electron chi connectivity index (χ2n) is 5.50. The molecule has 2 heterocycles. The first kappa shape index (κ1) is 16.2. The predicted octanol–water partition coefficient (Wildman–Crippen LogP) is 1.75. The number of pyridine rings is 1. The Hall–Kier alpha value is -2.67. The number of rotatable bonds is 5. The van der Waals surface area contributed by atoms with Gasteiger partial charge in [-0.2, -0.15) is 0 Å². The number of amides is 1. The fraction of sp³-hybridized carbons (Fsp3) is 0.176. The average molecular weight is 343 g/mol. The van der Waals surface area contributed by atoms with Gasteiger partial charge in [0.15, 0.2) is 0 Å². The average Bonchev–Trinajstić information content (AvgIpc) is 2.52. The van der Waals surface area contributed by atoms with Gasteiger partial charge in [-0.3, -0.25) is 14.5 Å². The number of nitrogens with one attached hydrogen (secondary N) is 1. The summed E-state index contributed by atoms with van der Waals surface area (Å²) < 4.78 is 27.1. The third-order valence-electron chi connectivity index (χ3n) is 3.74. The molecule has 3 rings (SSSR count). The van der Waals surface area contributed by atoms with E-state index < -0.39 is 15.3 Å². The van der Waals surface area contributed by atoms with Crippen molar-refractivity contribution in [3.05, 3.63) is 66.5 Å². The number of likely N-dealkylation sites (tertiary alicyclic amines) is 1. The van der Waals surface area contributed by atoms with Crippen LogP contribution in [0.4, 0.5) is 5.69 Å². The quantitative estimate of drug-likeness (QED) is 0.839. The highest BCUT2D eigenvalue weighted by Crippen LogP contribution is 2.20. The van der Waals surface area contributed by atoms with Gasteiger partial charge < -0.3 is 4.90 Å². The molecule has 0 spiro atoms. The van der Waals surface area contributed by atoms with Crippen molar-refractivity contribution < 1.29 is 13.2 Å². The summed E-state index contributed by atoms with van der Waals surface area (Å²) in [7, 11) is -3.49. The van der Waals surface area contributed by atoms with Crippen molar-refractivity contribution in [1.29, 1.82) is 0 Å². The number of carbonyl (C=O) groups excluding carboxylic acids is 1. The summed E-state index contributed by atoms with van der Waals surface area (Å²) in [5, 5.41) is -0.589. The van der Waals surface area contributed by atoms with E-state index in [9.17, 15) is 13.2 Å². The van der Waals surface area contributed by atoms with E-state index in [0.29, 0.717) is 5.69 Å². The summed E-state index contributed by atoms with van der Waals surface area (Å²) >= 11 is 0. The lowest BCUT2D eigenvalue weighted by Gasteiger charge is -2.37. The molecule has 0 unspecified atom stereocenters. The van der Waals surface area contributed by atoms with Crippen LogP contribution < -0.4 is 4.72 Å². The van der Waals surface area contributed by atoms with Crippen LogP contribution in [0.5, 0.6) is 0 Å². The van der Waals surface area contributed by atoms with E-state index in [1.165, 1.54) is 11.0 Å². The van der Waals surface area contributed by atoms with Gasteiger partial charge in [0, 0.05) is 37.2 Å². The topological polar surface area (TPSA) is 79.4 Å². The molecule has 24 heavy (non-hydrogen) atoms. The van der Waals surface area contributed by atoms with E-state index >= 15 is 0 Å². The van der Waals surface area contributed by atoms with Crippen LogP contribution in [0.3, 0.4) is 0 Å². The summed E-state index contributed by atoms with van der Waals surface area (Å²) in [6.45, 7) is 0.386. The standard InChI is InChI=1S/C17H17N3O3S/c21-17(9-8-14-5-4-10-18-11-14)20-12-16(13-20)24(22,23)19-15-6-2-1-3-7-15/h1-11,16,19H,12-13H2. The molecular formula is C17H17N3O3S. The SMILES string of the molecule is O=C(C=Cc1cccnc1)N1CC(S(=O)(=O)Nc2ccccc2)C1. The van der Waals surface area contributed by atoms with Gasteiger partial charge in [-0.15, -0.1) is 0 Å². The third kappa shape index (κ3) is 3.80. The highest BCUT2D eigenvalue weighted by molar-refractivity contribution is 7.93. The van der Waals surface area contributed by atoms with Crippen molar-refractivity contribution >= 4 is 27.7 Å². The fourth-order valence-corrected chi connectivity index (χ4v) is 3.70. The van der Waals surface area contributed by atoms with E-state index in [-0.39, 0.29) is 19.0 Å². The number of benzene rings is 1. The lowest BCUT2D eigenvalue weighted by Crippen LogP contribution is -2.57. The summed E-state index contributed by atoms with van der Waals surface area (Å²) in [5.41, 5.74) is 1.35. The Kier molecular flexibility index (Phi) is 4.61. The van der Waals surface area contributed by atoms with E-state index in [2.05, 4.69) is 9.71 Å². The Morgan fingerprint density at radius 2 is 1.92 bits per heavy atom. The molecule has 6 nitrogen and oxygen atoms in total. The second-order valence-corrected chi connectivity index (χ2v) is 7.46. The van der Waals surface area contributed by atoms with Crippen molar-refractivity contribution in [1.82, 2.24) is 9.88 Å². The molecule has 0 atom stereocenters. The van der Waals surface area contributed by atoms with E-state index in [0.717, 1.165) is 5.56 Å². The summed E-state index contributed by atoms with van der Waals surface area (Å²) in [6.07, 6.45) is 6.41. The predicted molar refractivity (Wildman–Crippen MR) is 92.6 cm³/mol. The Morgan fingerprint density at radius 3 is 2.58 bits per heavy atom. The molecule has 0 radical (unpaired) electrons. The van der Waals surface area contributed by atoms with E-state index in [1.807, 2.05) is 12.1 Å². The molecule has 1 fully saturated rings. The molecule has 7 heteroatoms. The molecule has 124 valence electrons. The lowest BCUT2D eigenvalue weighted by atomic mass is 10.2. The first-order valence-electron chi connectivity index (χ1n) is 7.48. The van der Waals surface area contributed by atoms with E-state index in [1.54, 1.807) is 48.8 Å². The summed E-state index contributed by atoms with van der Waals surface area (Å²) in [4.78, 5) is 17.5. The van der Waals surface area contributed by atoms with Gasteiger partial charge in [0.2, 0.25) is 15.9 Å². The third-order valence-corrected chi connectivity index (χ3v) is 5.43. The van der Waals surface area contributed by atoms with Crippen molar-refractivity contribution in [2.45, 2.75) is 5.25 Å². The first-order valence-corrected chi connectivity index (χ1v) is 9.03. The van der Waals surface area contributed by atoms with Gasteiger partial charge in [0.05, 0.1) is 0 Å². The summed E-state index contributed by atoms with van der Waals surface area (Å²) in [6, 6.07) is 12.3. The zero-order chi connectivity index (χ0) is 17.0. The number of carbonyl (C=O) groups is 1. The van der Waals surface area contributed by atoms with Gasteiger partial charge in [0.25, 0.3) is 0 Å². The van der Waals surface area contributed by atoms with Crippen LogP contribution >= 0.6 is 0 Å². The minimum Gasteiger partial charge on any atom is -0.336 e. The van der Waals surface area contributed by atoms with Crippen LogP contribution in [0.1, 0.15) is 5.56 Å². The molecular weight excluding hydrogens is 326 g/mol. The molecule has 0 bridgehead atoms. The zero-order valence-corrected chi connectivity index (χ0v) is 13.7. The first-order chi connectivity index (χ1) is 11.5.